The number of halogens is 1. The van der Waals surface area contributed by atoms with E-state index in [0.29, 0.717) is 22.7 Å². The van der Waals surface area contributed by atoms with Crippen LogP contribution in [-0.2, 0) is 0 Å². The topological polar surface area (TPSA) is 58.4 Å². The average Bonchev–Trinajstić information content (AvgIpc) is 2.36. The molecule has 1 amide bonds. The highest BCUT2D eigenvalue weighted by molar-refractivity contribution is 6.32. The van der Waals surface area contributed by atoms with Crippen LogP contribution >= 0.6 is 11.6 Å². The van der Waals surface area contributed by atoms with E-state index in [1.165, 1.54) is 0 Å². The van der Waals surface area contributed by atoms with Crippen LogP contribution in [0.5, 0.6) is 0 Å². The van der Waals surface area contributed by atoms with E-state index in [2.05, 4.69) is 17.2 Å². The van der Waals surface area contributed by atoms with Gasteiger partial charge in [-0.2, -0.15) is 0 Å². The maximum absolute atomic E-state index is 11.9. The summed E-state index contributed by atoms with van der Waals surface area (Å²) in [6.07, 6.45) is 0. The van der Waals surface area contributed by atoms with Crippen molar-refractivity contribution < 1.29 is 4.79 Å². The summed E-state index contributed by atoms with van der Waals surface area (Å²) in [7, 11) is 3.90. The third-order valence-electron chi connectivity index (χ3n) is 2.40. The molecular formula is C14H18ClN3O. The number of nitrogens with two attached hydrogens (primary N) is 1. The first kappa shape index (κ1) is 15.5. The molecule has 0 saturated carbocycles. The minimum Gasteiger partial charge on any atom is -0.351 e. The summed E-state index contributed by atoms with van der Waals surface area (Å²) in [6.45, 7) is 1.67. The van der Waals surface area contributed by atoms with E-state index >= 15 is 0 Å². The van der Waals surface area contributed by atoms with Gasteiger partial charge in [0.1, 0.15) is 0 Å². The van der Waals surface area contributed by atoms with Crippen LogP contribution in [0.2, 0.25) is 5.02 Å². The monoisotopic (exact) mass is 279 g/mol. The molecule has 0 bridgehead atoms. The number of hydrogen-bond acceptors (Lipinski definition) is 3. The first-order valence-electron chi connectivity index (χ1n) is 5.96. The first-order chi connectivity index (χ1) is 9.04. The predicted molar refractivity (Wildman–Crippen MR) is 78.3 cm³/mol. The normalized spacial score (nSPS) is 9.95. The fraction of sp³-hybridized carbons (Fsp3) is 0.357. The molecule has 0 aliphatic heterocycles. The fourth-order valence-electron chi connectivity index (χ4n) is 1.40. The molecule has 0 heterocycles. The van der Waals surface area contributed by atoms with Crippen LogP contribution in [-0.4, -0.2) is 44.5 Å². The van der Waals surface area contributed by atoms with Gasteiger partial charge in [-0.1, -0.05) is 23.4 Å². The predicted octanol–water partition coefficient (Wildman–Crippen LogP) is 0.942. The van der Waals surface area contributed by atoms with Crippen molar-refractivity contribution in [2.75, 3.05) is 33.7 Å². The molecule has 0 fully saturated rings. The summed E-state index contributed by atoms with van der Waals surface area (Å²) in [5, 5.41) is 3.28. The van der Waals surface area contributed by atoms with Gasteiger partial charge < -0.3 is 16.0 Å². The van der Waals surface area contributed by atoms with Crippen molar-refractivity contribution in [3.8, 4) is 11.8 Å². The highest BCUT2D eigenvalue weighted by Gasteiger charge is 2.07. The molecule has 19 heavy (non-hydrogen) atoms. The molecule has 0 spiro atoms. The molecule has 0 aliphatic rings. The lowest BCUT2D eigenvalue weighted by atomic mass is 10.1. The van der Waals surface area contributed by atoms with Gasteiger partial charge in [-0.05, 0) is 32.3 Å². The second kappa shape index (κ2) is 7.80. The first-order valence-corrected chi connectivity index (χ1v) is 6.34. The van der Waals surface area contributed by atoms with E-state index in [-0.39, 0.29) is 12.5 Å². The Morgan fingerprint density at radius 3 is 2.79 bits per heavy atom. The maximum atomic E-state index is 11.9. The Labute approximate surface area is 118 Å². The molecule has 4 nitrogen and oxygen atoms in total. The lowest BCUT2D eigenvalue weighted by molar-refractivity contribution is 0.0951. The lowest BCUT2D eigenvalue weighted by Gasteiger charge is -2.10. The van der Waals surface area contributed by atoms with E-state index in [1.54, 1.807) is 18.2 Å². The third kappa shape index (κ3) is 5.31. The van der Waals surface area contributed by atoms with E-state index in [4.69, 9.17) is 17.3 Å². The van der Waals surface area contributed by atoms with E-state index in [9.17, 15) is 4.79 Å². The van der Waals surface area contributed by atoms with Gasteiger partial charge in [-0.3, -0.25) is 4.79 Å². The summed E-state index contributed by atoms with van der Waals surface area (Å²) in [4.78, 5) is 13.9. The number of nitrogens with one attached hydrogen (secondary N) is 1. The van der Waals surface area contributed by atoms with E-state index in [0.717, 1.165) is 6.54 Å². The molecule has 0 saturated heterocycles. The van der Waals surface area contributed by atoms with Gasteiger partial charge in [0.05, 0.1) is 11.6 Å². The minimum atomic E-state index is -0.137. The van der Waals surface area contributed by atoms with E-state index in [1.807, 2.05) is 19.0 Å². The molecule has 0 unspecified atom stereocenters. The second-order valence-corrected chi connectivity index (χ2v) is 4.67. The Kier molecular flexibility index (Phi) is 6.37. The molecule has 0 aromatic heterocycles. The zero-order valence-corrected chi connectivity index (χ0v) is 11.9. The summed E-state index contributed by atoms with van der Waals surface area (Å²) in [5.41, 5.74) is 6.51. The van der Waals surface area contributed by atoms with E-state index < -0.39 is 0 Å². The van der Waals surface area contributed by atoms with Gasteiger partial charge in [-0.25, -0.2) is 0 Å². The number of nitrogens with zero attached hydrogens (tertiary/aromatic N) is 1. The largest absolute Gasteiger partial charge is 0.351 e. The van der Waals surface area contributed by atoms with Crippen LogP contribution < -0.4 is 11.1 Å². The average molecular weight is 280 g/mol. The number of carbonyl (C=O) groups is 1. The number of amides is 1. The van der Waals surface area contributed by atoms with Gasteiger partial charge in [0.25, 0.3) is 5.91 Å². The van der Waals surface area contributed by atoms with Crippen molar-refractivity contribution in [3.05, 3.63) is 34.3 Å². The highest BCUT2D eigenvalue weighted by atomic mass is 35.5. The summed E-state index contributed by atoms with van der Waals surface area (Å²) >= 11 is 6.06. The molecule has 1 aromatic rings. The van der Waals surface area contributed by atoms with Crippen molar-refractivity contribution in [2.24, 2.45) is 5.73 Å². The maximum Gasteiger partial charge on any atom is 0.251 e. The number of benzene rings is 1. The van der Waals surface area contributed by atoms with Gasteiger partial charge in [-0.15, -0.1) is 0 Å². The Balaban J connectivity index is 2.69. The smallest absolute Gasteiger partial charge is 0.251 e. The second-order valence-electron chi connectivity index (χ2n) is 4.26. The van der Waals surface area contributed by atoms with Crippen molar-refractivity contribution in [3.63, 3.8) is 0 Å². The van der Waals surface area contributed by atoms with Gasteiger partial charge in [0.2, 0.25) is 0 Å². The molecule has 0 aliphatic carbocycles. The van der Waals surface area contributed by atoms with Crippen molar-refractivity contribution in [2.45, 2.75) is 0 Å². The molecular weight excluding hydrogens is 262 g/mol. The van der Waals surface area contributed by atoms with Crippen LogP contribution in [0.3, 0.4) is 0 Å². The Morgan fingerprint density at radius 2 is 2.21 bits per heavy atom. The van der Waals surface area contributed by atoms with Crippen molar-refractivity contribution >= 4 is 17.5 Å². The zero-order chi connectivity index (χ0) is 14.3. The number of rotatable bonds is 4. The molecule has 1 aromatic carbocycles. The molecule has 3 N–H and O–H groups in total. The third-order valence-corrected chi connectivity index (χ3v) is 2.71. The summed E-state index contributed by atoms with van der Waals surface area (Å²) in [5.74, 6) is 5.44. The summed E-state index contributed by atoms with van der Waals surface area (Å²) < 4.78 is 0. The van der Waals surface area contributed by atoms with Crippen molar-refractivity contribution in [1.29, 1.82) is 0 Å². The quantitative estimate of drug-likeness (QED) is 0.807. The van der Waals surface area contributed by atoms with Crippen LogP contribution in [0.1, 0.15) is 15.9 Å². The Hall–Kier alpha value is -1.54. The lowest BCUT2D eigenvalue weighted by Crippen LogP contribution is -2.31. The van der Waals surface area contributed by atoms with Crippen LogP contribution in [0.15, 0.2) is 18.2 Å². The Morgan fingerprint density at radius 1 is 1.47 bits per heavy atom. The van der Waals surface area contributed by atoms with Crippen LogP contribution in [0.4, 0.5) is 0 Å². The SMILES string of the molecule is CN(C)CCNC(=O)c1ccc(C#CCN)c(Cl)c1. The molecule has 0 radical (unpaired) electrons. The summed E-state index contributed by atoms with van der Waals surface area (Å²) in [6, 6.07) is 5.05. The molecule has 1 rings (SSSR count). The molecule has 0 atom stereocenters. The standard InChI is InChI=1S/C14H18ClN3O/c1-18(2)9-8-17-14(19)12-6-5-11(4-3-7-16)13(15)10-12/h5-6,10H,7-9,16H2,1-2H3,(H,17,19). The number of likely N-dealkylation sites (N-methyl/N-ethyl adjacent to an activating group) is 1. The fourth-order valence-corrected chi connectivity index (χ4v) is 1.63. The minimum absolute atomic E-state index is 0.137. The van der Waals surface area contributed by atoms with Crippen molar-refractivity contribution in [1.82, 2.24) is 10.2 Å². The molecule has 102 valence electrons. The number of carbonyl (C=O) groups excluding carboxylic acids is 1. The zero-order valence-electron chi connectivity index (χ0n) is 11.2. The van der Waals surface area contributed by atoms with Crippen LogP contribution in [0.25, 0.3) is 0 Å². The Bertz CT molecular complexity index is 503. The van der Waals surface area contributed by atoms with Crippen LogP contribution in [0, 0.1) is 11.8 Å². The van der Waals surface area contributed by atoms with Gasteiger partial charge >= 0.3 is 0 Å². The highest BCUT2D eigenvalue weighted by Crippen LogP contribution is 2.16. The number of hydrogen-bond donors (Lipinski definition) is 2. The molecule has 5 heteroatoms. The van der Waals surface area contributed by atoms with Gasteiger partial charge in [0.15, 0.2) is 0 Å². The van der Waals surface area contributed by atoms with Gasteiger partial charge in [0, 0.05) is 24.2 Å².